The number of nitrogens with zero attached hydrogens (tertiary/aromatic N) is 2. The molecule has 3 aliphatic rings. The Morgan fingerprint density at radius 2 is 1.60 bits per heavy atom. The Hall–Kier alpha value is -3.72. The largest absolute Gasteiger partial charge is 0.447 e. The van der Waals surface area contributed by atoms with Gasteiger partial charge in [-0.25, -0.2) is 4.98 Å². The predicted octanol–water partition coefficient (Wildman–Crippen LogP) is 7.20. The average molecular weight is 642 g/mol. The smallest absolute Gasteiger partial charge is 0.287 e. The number of aromatic nitrogens is 2. The molecule has 9 nitrogen and oxygen atoms in total. The fraction of sp³-hybridized carbons (Fsp3) is 0.579. The lowest BCUT2D eigenvalue weighted by Crippen LogP contribution is -2.34. The topological polar surface area (TPSA) is 118 Å². The maximum absolute atomic E-state index is 13.6. The molecule has 0 radical (unpaired) electrons. The first kappa shape index (κ1) is 33.2. The van der Waals surface area contributed by atoms with Gasteiger partial charge in [0.15, 0.2) is 11.5 Å². The van der Waals surface area contributed by atoms with E-state index in [0.29, 0.717) is 29.9 Å². The number of hydrogen-bond acceptors (Lipinski definition) is 8. The number of carbonyl (C=O) groups is 2. The van der Waals surface area contributed by atoms with Gasteiger partial charge >= 0.3 is 0 Å². The van der Waals surface area contributed by atoms with E-state index in [4.69, 9.17) is 9.15 Å². The van der Waals surface area contributed by atoms with Gasteiger partial charge in [-0.2, -0.15) is 4.98 Å². The van der Waals surface area contributed by atoms with Gasteiger partial charge in [-0.05, 0) is 115 Å². The number of aryl methyl sites for hydroxylation is 1. The second-order valence-corrected chi connectivity index (χ2v) is 15.2. The molecule has 3 atom stereocenters. The van der Waals surface area contributed by atoms with Gasteiger partial charge in [0.2, 0.25) is 11.7 Å². The first-order chi connectivity index (χ1) is 22.5. The third kappa shape index (κ3) is 7.72. The van der Waals surface area contributed by atoms with E-state index in [1.165, 1.54) is 11.1 Å². The lowest BCUT2D eigenvalue weighted by molar-refractivity contribution is 0.0907. The van der Waals surface area contributed by atoms with E-state index in [0.717, 1.165) is 82.4 Å². The van der Waals surface area contributed by atoms with Crippen LogP contribution in [0.5, 0.6) is 0 Å². The van der Waals surface area contributed by atoms with Gasteiger partial charge in [-0.15, -0.1) is 0 Å². The van der Waals surface area contributed by atoms with E-state index in [2.05, 4.69) is 65.7 Å². The minimum atomic E-state index is -0.282. The number of ether oxygens (including phenoxy) is 1. The molecule has 1 aliphatic heterocycles. The van der Waals surface area contributed by atoms with Crippen molar-refractivity contribution in [2.45, 2.75) is 103 Å². The van der Waals surface area contributed by atoms with E-state index in [1.54, 1.807) is 18.3 Å². The Labute approximate surface area is 279 Å². The van der Waals surface area contributed by atoms with Crippen LogP contribution in [-0.4, -0.2) is 54.0 Å². The Kier molecular flexibility index (Phi) is 9.74. The molecule has 1 amide bonds. The van der Waals surface area contributed by atoms with E-state index >= 15 is 0 Å². The van der Waals surface area contributed by atoms with Crippen LogP contribution in [0.25, 0.3) is 0 Å². The number of benzene rings is 1. The van der Waals surface area contributed by atoms with Gasteiger partial charge in [0.05, 0.1) is 6.10 Å². The van der Waals surface area contributed by atoms with Crippen molar-refractivity contribution in [3.8, 4) is 0 Å². The second-order valence-electron chi connectivity index (χ2n) is 15.2. The molecular weight excluding hydrogens is 590 g/mol. The van der Waals surface area contributed by atoms with Crippen molar-refractivity contribution in [1.82, 2.24) is 15.3 Å². The van der Waals surface area contributed by atoms with Gasteiger partial charge in [0.1, 0.15) is 5.82 Å². The van der Waals surface area contributed by atoms with Crippen LogP contribution in [-0.2, 0) is 15.6 Å². The van der Waals surface area contributed by atoms with E-state index < -0.39 is 0 Å². The number of rotatable bonds is 11. The number of anilines is 2. The Balaban J connectivity index is 1.00. The summed E-state index contributed by atoms with van der Waals surface area (Å²) in [5.74, 6) is 2.18. The summed E-state index contributed by atoms with van der Waals surface area (Å²) in [5, 5.41) is 9.85. The SMILES string of the molecule is Cc1cc2c(cc1C(=O)c1ccc(C(=O)NCC3CCCC(CNc4nccc(NCC5CCCO5)n4)C3)o1)C(C)(C)CCC2(C)C. The second kappa shape index (κ2) is 13.8. The number of hydrogen-bond donors (Lipinski definition) is 3. The molecule has 3 aromatic rings. The van der Waals surface area contributed by atoms with Gasteiger partial charge in [0, 0.05) is 38.0 Å². The molecular formula is C38H51N5O4. The summed E-state index contributed by atoms with van der Waals surface area (Å²) in [7, 11) is 0. The number of nitrogens with one attached hydrogen (secondary N) is 3. The van der Waals surface area contributed by atoms with Crippen LogP contribution in [0.15, 0.2) is 40.9 Å². The van der Waals surface area contributed by atoms with Gasteiger partial charge in [0.25, 0.3) is 5.91 Å². The average Bonchev–Trinajstić information content (AvgIpc) is 3.77. The molecule has 1 saturated carbocycles. The molecule has 3 N–H and O–H groups in total. The quantitative estimate of drug-likeness (QED) is 0.188. The highest BCUT2D eigenvalue weighted by Gasteiger charge is 2.38. The predicted molar refractivity (Wildman–Crippen MR) is 184 cm³/mol. The van der Waals surface area contributed by atoms with Crippen LogP contribution >= 0.6 is 0 Å². The summed E-state index contributed by atoms with van der Waals surface area (Å²) >= 11 is 0. The summed E-state index contributed by atoms with van der Waals surface area (Å²) in [4.78, 5) is 35.7. The first-order valence-corrected chi connectivity index (χ1v) is 17.5. The molecule has 0 bridgehead atoms. The van der Waals surface area contributed by atoms with Crippen LogP contribution in [0.2, 0.25) is 0 Å². The molecule has 2 fully saturated rings. The van der Waals surface area contributed by atoms with Gasteiger partial charge in [-0.1, -0.05) is 40.2 Å². The van der Waals surface area contributed by atoms with Gasteiger partial charge < -0.3 is 25.1 Å². The molecule has 2 aliphatic carbocycles. The molecule has 6 rings (SSSR count). The molecule has 47 heavy (non-hydrogen) atoms. The third-order valence-corrected chi connectivity index (χ3v) is 10.7. The van der Waals surface area contributed by atoms with Crippen LogP contribution in [0.1, 0.15) is 122 Å². The highest BCUT2D eigenvalue weighted by molar-refractivity contribution is 6.09. The molecule has 2 aromatic heterocycles. The fourth-order valence-corrected chi connectivity index (χ4v) is 7.58. The Morgan fingerprint density at radius 1 is 0.872 bits per heavy atom. The molecule has 3 unspecified atom stereocenters. The zero-order valence-corrected chi connectivity index (χ0v) is 28.7. The standard InChI is InChI=1S/C38H51N5O4/c1-24-18-29-30(38(4,5)15-14-37(29,2)3)20-28(24)34(44)31-11-12-32(47-31)35(45)41-21-25-8-6-9-26(19-25)22-42-36-39-16-13-33(43-36)40-23-27-10-7-17-46-27/h11-13,16,18,20,25-27H,6-10,14-15,17,19,21-23H2,1-5H3,(H,41,45)(H2,39,40,42,43). The number of fused-ring (bicyclic) bond motifs is 1. The summed E-state index contributed by atoms with van der Waals surface area (Å²) in [6.45, 7) is 14.0. The lowest BCUT2D eigenvalue weighted by atomic mass is 9.62. The van der Waals surface area contributed by atoms with Crippen molar-refractivity contribution < 1.29 is 18.7 Å². The lowest BCUT2D eigenvalue weighted by Gasteiger charge is -2.42. The zero-order chi connectivity index (χ0) is 33.2. The zero-order valence-electron chi connectivity index (χ0n) is 28.7. The molecule has 3 heterocycles. The van der Waals surface area contributed by atoms with Crippen molar-refractivity contribution in [2.75, 3.05) is 36.9 Å². The number of furan rings is 1. The number of amides is 1. The highest BCUT2D eigenvalue weighted by atomic mass is 16.5. The molecule has 9 heteroatoms. The van der Waals surface area contributed by atoms with Crippen molar-refractivity contribution in [3.63, 3.8) is 0 Å². The molecule has 1 aromatic carbocycles. The van der Waals surface area contributed by atoms with Crippen LogP contribution in [0, 0.1) is 18.8 Å². The van der Waals surface area contributed by atoms with Crippen molar-refractivity contribution in [1.29, 1.82) is 0 Å². The highest BCUT2D eigenvalue weighted by Crippen LogP contribution is 2.46. The van der Waals surface area contributed by atoms with Crippen LogP contribution in [0.3, 0.4) is 0 Å². The van der Waals surface area contributed by atoms with Crippen molar-refractivity contribution in [2.24, 2.45) is 11.8 Å². The monoisotopic (exact) mass is 641 g/mol. The number of ketones is 1. The van der Waals surface area contributed by atoms with Crippen LogP contribution in [0.4, 0.5) is 11.8 Å². The molecule has 1 saturated heterocycles. The Bertz CT molecular complexity index is 1590. The normalized spacial score (nSPS) is 23.1. The first-order valence-electron chi connectivity index (χ1n) is 17.5. The van der Waals surface area contributed by atoms with Crippen molar-refractivity contribution in [3.05, 3.63) is 70.3 Å². The fourth-order valence-electron chi connectivity index (χ4n) is 7.58. The number of carbonyl (C=O) groups excluding carboxylic acids is 2. The van der Waals surface area contributed by atoms with Crippen molar-refractivity contribution >= 4 is 23.5 Å². The maximum atomic E-state index is 13.6. The molecule has 0 spiro atoms. The van der Waals surface area contributed by atoms with Gasteiger partial charge in [-0.3, -0.25) is 9.59 Å². The van der Waals surface area contributed by atoms with Crippen LogP contribution < -0.4 is 16.0 Å². The summed E-state index contributed by atoms with van der Waals surface area (Å²) in [6.07, 6.45) is 10.8. The van der Waals surface area contributed by atoms with E-state index in [9.17, 15) is 9.59 Å². The summed E-state index contributed by atoms with van der Waals surface area (Å²) in [6, 6.07) is 9.37. The molecule has 252 valence electrons. The summed E-state index contributed by atoms with van der Waals surface area (Å²) in [5.41, 5.74) is 4.21. The Morgan fingerprint density at radius 3 is 2.34 bits per heavy atom. The minimum absolute atomic E-state index is 0.00327. The minimum Gasteiger partial charge on any atom is -0.447 e. The van der Waals surface area contributed by atoms with E-state index in [1.807, 2.05) is 13.0 Å². The summed E-state index contributed by atoms with van der Waals surface area (Å²) < 4.78 is 11.6. The maximum Gasteiger partial charge on any atom is 0.287 e. The third-order valence-electron chi connectivity index (χ3n) is 10.7. The van der Waals surface area contributed by atoms with E-state index in [-0.39, 0.29) is 40.1 Å².